The van der Waals surface area contributed by atoms with Crippen molar-refractivity contribution in [2.75, 3.05) is 6.54 Å². The van der Waals surface area contributed by atoms with E-state index in [1.807, 2.05) is 11.3 Å². The standard InChI is InChI=1S/C15H24N2S/c1-2-6-12(7-3-1)15-17-14(11-18-15)10-13-8-4-5-9-16-13/h11-13,16H,1-10H2. The highest BCUT2D eigenvalue weighted by atomic mass is 32.1. The van der Waals surface area contributed by atoms with Crippen LogP contribution in [0.4, 0.5) is 0 Å². The normalized spacial score (nSPS) is 26.3. The summed E-state index contributed by atoms with van der Waals surface area (Å²) in [6, 6.07) is 0.681. The van der Waals surface area contributed by atoms with Gasteiger partial charge in [-0.2, -0.15) is 0 Å². The molecule has 1 N–H and O–H groups in total. The monoisotopic (exact) mass is 264 g/mol. The molecule has 3 rings (SSSR count). The lowest BCUT2D eigenvalue weighted by Gasteiger charge is -2.22. The molecular weight excluding hydrogens is 240 g/mol. The first-order valence-corrected chi connectivity index (χ1v) is 8.47. The van der Waals surface area contributed by atoms with Crippen LogP contribution < -0.4 is 5.32 Å². The number of hydrogen-bond acceptors (Lipinski definition) is 3. The molecule has 3 heteroatoms. The van der Waals surface area contributed by atoms with Crippen molar-refractivity contribution in [2.24, 2.45) is 0 Å². The molecule has 1 aromatic rings. The van der Waals surface area contributed by atoms with Crippen LogP contribution in [0, 0.1) is 0 Å². The van der Waals surface area contributed by atoms with E-state index in [-0.39, 0.29) is 0 Å². The molecule has 2 nitrogen and oxygen atoms in total. The summed E-state index contributed by atoms with van der Waals surface area (Å²) < 4.78 is 0. The third kappa shape index (κ3) is 3.12. The Labute approximate surface area is 114 Å². The third-order valence-corrected chi connectivity index (χ3v) is 5.45. The fourth-order valence-corrected chi connectivity index (χ4v) is 4.31. The fraction of sp³-hybridized carbons (Fsp3) is 0.800. The van der Waals surface area contributed by atoms with Crippen LogP contribution in [0.2, 0.25) is 0 Å². The van der Waals surface area contributed by atoms with Gasteiger partial charge >= 0.3 is 0 Å². The van der Waals surface area contributed by atoms with Crippen LogP contribution in [0.25, 0.3) is 0 Å². The minimum absolute atomic E-state index is 0.681. The van der Waals surface area contributed by atoms with Crippen LogP contribution in [-0.4, -0.2) is 17.6 Å². The molecule has 2 fully saturated rings. The molecule has 0 bridgehead atoms. The van der Waals surface area contributed by atoms with Gasteiger partial charge in [-0.15, -0.1) is 11.3 Å². The van der Waals surface area contributed by atoms with Gasteiger partial charge in [0.1, 0.15) is 0 Å². The Morgan fingerprint density at radius 1 is 1.11 bits per heavy atom. The highest BCUT2D eigenvalue weighted by Crippen LogP contribution is 2.34. The maximum Gasteiger partial charge on any atom is 0.0959 e. The lowest BCUT2D eigenvalue weighted by molar-refractivity contribution is 0.396. The van der Waals surface area contributed by atoms with Crippen LogP contribution in [0.3, 0.4) is 0 Å². The quantitative estimate of drug-likeness (QED) is 0.896. The lowest BCUT2D eigenvalue weighted by Crippen LogP contribution is -2.35. The maximum atomic E-state index is 4.91. The first kappa shape index (κ1) is 12.6. The summed E-state index contributed by atoms with van der Waals surface area (Å²) in [5.41, 5.74) is 1.33. The van der Waals surface area contributed by atoms with Crippen molar-refractivity contribution in [1.82, 2.24) is 10.3 Å². The molecule has 0 spiro atoms. The van der Waals surface area contributed by atoms with Crippen molar-refractivity contribution >= 4 is 11.3 Å². The summed E-state index contributed by atoms with van der Waals surface area (Å²) in [5.74, 6) is 0.775. The molecular formula is C15H24N2S. The number of aromatic nitrogens is 1. The minimum atomic E-state index is 0.681. The van der Waals surface area contributed by atoms with Gasteiger partial charge in [-0.1, -0.05) is 25.7 Å². The van der Waals surface area contributed by atoms with Crippen molar-refractivity contribution in [2.45, 2.75) is 69.7 Å². The first-order valence-electron chi connectivity index (χ1n) is 7.59. The zero-order valence-corrected chi connectivity index (χ0v) is 12.0. The molecule has 1 aliphatic carbocycles. The molecule has 2 heterocycles. The Kier molecular flexibility index (Phi) is 4.32. The number of rotatable bonds is 3. The highest BCUT2D eigenvalue weighted by Gasteiger charge is 2.20. The van der Waals surface area contributed by atoms with Crippen LogP contribution in [0.5, 0.6) is 0 Å². The lowest BCUT2D eigenvalue weighted by atomic mass is 9.90. The van der Waals surface area contributed by atoms with Crippen molar-refractivity contribution in [3.05, 3.63) is 16.1 Å². The number of piperidine rings is 1. The summed E-state index contributed by atoms with van der Waals surface area (Å²) in [6.45, 7) is 1.20. The topological polar surface area (TPSA) is 24.9 Å². The van der Waals surface area contributed by atoms with Crippen LogP contribution in [0.1, 0.15) is 68.0 Å². The SMILES string of the molecule is c1sc(C2CCCCC2)nc1CC1CCCCN1. The van der Waals surface area contributed by atoms with E-state index < -0.39 is 0 Å². The molecule has 1 aliphatic heterocycles. The molecule has 0 amide bonds. The molecule has 0 aromatic carbocycles. The predicted octanol–water partition coefficient (Wildman–Crippen LogP) is 3.88. The molecule has 0 radical (unpaired) electrons. The summed E-state index contributed by atoms with van der Waals surface area (Å²) in [4.78, 5) is 4.91. The van der Waals surface area contributed by atoms with Gasteiger partial charge in [-0.05, 0) is 32.2 Å². The second-order valence-electron chi connectivity index (χ2n) is 5.86. The number of thiazole rings is 1. The van der Waals surface area contributed by atoms with E-state index in [2.05, 4.69) is 10.7 Å². The minimum Gasteiger partial charge on any atom is -0.314 e. The Hall–Kier alpha value is -0.410. The highest BCUT2D eigenvalue weighted by molar-refractivity contribution is 7.09. The average Bonchev–Trinajstić information content (AvgIpc) is 2.89. The van der Waals surface area contributed by atoms with Crippen molar-refractivity contribution in [3.8, 4) is 0 Å². The Morgan fingerprint density at radius 2 is 1.94 bits per heavy atom. The molecule has 100 valence electrons. The van der Waals surface area contributed by atoms with Gasteiger partial charge in [0.15, 0.2) is 0 Å². The smallest absolute Gasteiger partial charge is 0.0959 e. The zero-order chi connectivity index (χ0) is 12.2. The van der Waals surface area contributed by atoms with Crippen LogP contribution >= 0.6 is 11.3 Å². The summed E-state index contributed by atoms with van der Waals surface area (Å²) in [7, 11) is 0. The van der Waals surface area contributed by atoms with Crippen LogP contribution in [0.15, 0.2) is 5.38 Å². The fourth-order valence-electron chi connectivity index (χ4n) is 3.30. The molecule has 2 aliphatic rings. The summed E-state index contributed by atoms with van der Waals surface area (Å²) >= 11 is 1.91. The predicted molar refractivity (Wildman–Crippen MR) is 77.3 cm³/mol. The molecule has 1 saturated heterocycles. The molecule has 1 aromatic heterocycles. The van der Waals surface area contributed by atoms with Gasteiger partial charge in [0.05, 0.1) is 10.7 Å². The van der Waals surface area contributed by atoms with Gasteiger partial charge in [0.2, 0.25) is 0 Å². The Bertz CT molecular complexity index is 362. The zero-order valence-electron chi connectivity index (χ0n) is 11.2. The Morgan fingerprint density at radius 3 is 2.72 bits per heavy atom. The first-order chi connectivity index (χ1) is 8.92. The number of nitrogens with zero attached hydrogens (tertiary/aromatic N) is 1. The van der Waals surface area contributed by atoms with Gasteiger partial charge in [0, 0.05) is 23.8 Å². The maximum absolute atomic E-state index is 4.91. The van der Waals surface area contributed by atoms with E-state index >= 15 is 0 Å². The number of nitrogens with one attached hydrogen (secondary N) is 1. The molecule has 1 saturated carbocycles. The van der Waals surface area contributed by atoms with Crippen molar-refractivity contribution < 1.29 is 0 Å². The van der Waals surface area contributed by atoms with Gasteiger partial charge in [0.25, 0.3) is 0 Å². The molecule has 1 unspecified atom stereocenters. The van der Waals surface area contributed by atoms with Gasteiger partial charge in [-0.25, -0.2) is 4.98 Å². The van der Waals surface area contributed by atoms with E-state index in [4.69, 9.17) is 4.98 Å². The number of hydrogen-bond donors (Lipinski definition) is 1. The van der Waals surface area contributed by atoms with E-state index in [1.54, 1.807) is 0 Å². The largest absolute Gasteiger partial charge is 0.314 e. The van der Waals surface area contributed by atoms with E-state index in [0.29, 0.717) is 6.04 Å². The van der Waals surface area contributed by atoms with E-state index in [0.717, 1.165) is 12.3 Å². The second-order valence-corrected chi connectivity index (χ2v) is 6.75. The van der Waals surface area contributed by atoms with E-state index in [9.17, 15) is 0 Å². The second kappa shape index (κ2) is 6.16. The van der Waals surface area contributed by atoms with Gasteiger partial charge < -0.3 is 5.32 Å². The third-order valence-electron chi connectivity index (χ3n) is 4.39. The van der Waals surface area contributed by atoms with Crippen LogP contribution in [-0.2, 0) is 6.42 Å². The molecule has 1 atom stereocenters. The van der Waals surface area contributed by atoms with E-state index in [1.165, 1.54) is 68.6 Å². The summed E-state index contributed by atoms with van der Waals surface area (Å²) in [5, 5.41) is 7.34. The average molecular weight is 264 g/mol. The van der Waals surface area contributed by atoms with Crippen molar-refractivity contribution in [3.63, 3.8) is 0 Å². The van der Waals surface area contributed by atoms with Crippen molar-refractivity contribution in [1.29, 1.82) is 0 Å². The molecule has 18 heavy (non-hydrogen) atoms. The Balaban J connectivity index is 1.58. The summed E-state index contributed by atoms with van der Waals surface area (Å²) in [6.07, 6.45) is 12.2. The van der Waals surface area contributed by atoms with Gasteiger partial charge in [-0.3, -0.25) is 0 Å².